The van der Waals surface area contributed by atoms with E-state index in [0.29, 0.717) is 17.4 Å². The topological polar surface area (TPSA) is 66.0 Å². The molecule has 1 aromatic heterocycles. The first-order chi connectivity index (χ1) is 9.19. The van der Waals surface area contributed by atoms with Gasteiger partial charge in [0.05, 0.1) is 12.8 Å². The van der Waals surface area contributed by atoms with Crippen LogP contribution in [0.1, 0.15) is 19.2 Å². The van der Waals surface area contributed by atoms with Crippen LogP contribution in [-0.2, 0) is 13.0 Å². The van der Waals surface area contributed by atoms with Crippen molar-refractivity contribution < 1.29 is 4.74 Å². The molecule has 0 radical (unpaired) electrons. The van der Waals surface area contributed by atoms with Crippen molar-refractivity contribution in [2.75, 3.05) is 12.8 Å². The number of rotatable bonds is 2. The maximum absolute atomic E-state index is 5.95. The highest BCUT2D eigenvalue weighted by Gasteiger charge is 2.21. The highest BCUT2D eigenvalue weighted by Crippen LogP contribution is 2.30. The summed E-state index contributed by atoms with van der Waals surface area (Å²) >= 11 is 0. The molecule has 2 N–H and O–H groups in total. The van der Waals surface area contributed by atoms with E-state index in [1.807, 2.05) is 18.2 Å². The van der Waals surface area contributed by atoms with Crippen LogP contribution in [0.4, 0.5) is 5.69 Å². The molecule has 5 nitrogen and oxygen atoms in total. The van der Waals surface area contributed by atoms with Gasteiger partial charge in [-0.05, 0) is 30.5 Å². The number of methoxy groups -OCH3 is 1. The molecule has 0 aliphatic carbocycles. The summed E-state index contributed by atoms with van der Waals surface area (Å²) in [6, 6.07) is 5.75. The predicted octanol–water partition coefficient (Wildman–Crippen LogP) is 2.12. The Balaban J connectivity index is 2.01. The number of nitrogens with zero attached hydrogens (tertiary/aromatic N) is 3. The largest absolute Gasteiger partial charge is 0.495 e. The number of nitrogens with two attached hydrogens (primary N) is 1. The Morgan fingerprint density at radius 1 is 1.37 bits per heavy atom. The molecule has 0 fully saturated rings. The van der Waals surface area contributed by atoms with Crippen LogP contribution >= 0.6 is 0 Å². The van der Waals surface area contributed by atoms with Crippen LogP contribution in [0, 0.1) is 5.92 Å². The first-order valence-electron chi connectivity index (χ1n) is 6.55. The Hall–Kier alpha value is -2.04. The Morgan fingerprint density at radius 2 is 2.21 bits per heavy atom. The number of nitrogen functional groups attached to an aromatic ring is 1. The molecule has 1 aromatic carbocycles. The molecule has 19 heavy (non-hydrogen) atoms. The number of hydrogen-bond donors (Lipinski definition) is 1. The Morgan fingerprint density at radius 3 is 2.95 bits per heavy atom. The fourth-order valence-corrected chi connectivity index (χ4v) is 2.57. The number of ether oxygens (including phenoxy) is 1. The van der Waals surface area contributed by atoms with Crippen molar-refractivity contribution in [3.05, 3.63) is 24.0 Å². The maximum Gasteiger partial charge on any atom is 0.164 e. The molecule has 1 atom stereocenters. The molecule has 2 aromatic rings. The standard InChI is InChI=1S/C14H18N4O/c1-9-5-6-18-13(7-9)16-17-14(18)10-3-4-12(19-2)11(15)8-10/h3-4,8-9H,5-7,15H2,1-2H3. The summed E-state index contributed by atoms with van der Waals surface area (Å²) in [6.45, 7) is 3.23. The van der Waals surface area contributed by atoms with Crippen LogP contribution in [0.15, 0.2) is 18.2 Å². The van der Waals surface area contributed by atoms with E-state index in [4.69, 9.17) is 10.5 Å². The zero-order valence-corrected chi connectivity index (χ0v) is 11.3. The van der Waals surface area contributed by atoms with Gasteiger partial charge in [0.2, 0.25) is 0 Å². The van der Waals surface area contributed by atoms with E-state index in [2.05, 4.69) is 21.7 Å². The van der Waals surface area contributed by atoms with Crippen molar-refractivity contribution in [2.24, 2.45) is 5.92 Å². The van der Waals surface area contributed by atoms with Crippen LogP contribution in [0.25, 0.3) is 11.4 Å². The molecule has 5 heteroatoms. The van der Waals surface area contributed by atoms with Crippen molar-refractivity contribution in [1.82, 2.24) is 14.8 Å². The lowest BCUT2D eigenvalue weighted by Crippen LogP contribution is -2.18. The maximum atomic E-state index is 5.95. The average molecular weight is 258 g/mol. The molecular formula is C14H18N4O. The normalized spacial score (nSPS) is 18.1. The van der Waals surface area contributed by atoms with E-state index in [0.717, 1.165) is 30.2 Å². The fraction of sp³-hybridized carbons (Fsp3) is 0.429. The summed E-state index contributed by atoms with van der Waals surface area (Å²) in [7, 11) is 1.62. The second-order valence-electron chi connectivity index (χ2n) is 5.15. The molecule has 0 spiro atoms. The summed E-state index contributed by atoms with van der Waals surface area (Å²) in [5.74, 6) is 3.35. The molecule has 2 heterocycles. The number of hydrogen-bond acceptors (Lipinski definition) is 4. The first kappa shape index (κ1) is 12.0. The molecule has 0 saturated heterocycles. The second-order valence-corrected chi connectivity index (χ2v) is 5.15. The summed E-state index contributed by atoms with van der Waals surface area (Å²) in [4.78, 5) is 0. The zero-order valence-electron chi connectivity index (χ0n) is 11.3. The van der Waals surface area contributed by atoms with Gasteiger partial charge in [-0.15, -0.1) is 10.2 Å². The average Bonchev–Trinajstić information content (AvgIpc) is 2.81. The molecule has 100 valence electrons. The fourth-order valence-electron chi connectivity index (χ4n) is 2.57. The van der Waals surface area contributed by atoms with E-state index >= 15 is 0 Å². The van der Waals surface area contributed by atoms with Gasteiger partial charge in [0.15, 0.2) is 5.82 Å². The molecule has 0 saturated carbocycles. The monoisotopic (exact) mass is 258 g/mol. The minimum Gasteiger partial charge on any atom is -0.495 e. The van der Waals surface area contributed by atoms with Crippen molar-refractivity contribution in [2.45, 2.75) is 26.3 Å². The van der Waals surface area contributed by atoms with Gasteiger partial charge in [-0.1, -0.05) is 6.92 Å². The van der Waals surface area contributed by atoms with Gasteiger partial charge in [0, 0.05) is 18.5 Å². The Labute approximate surface area is 112 Å². The molecule has 1 aliphatic heterocycles. The van der Waals surface area contributed by atoms with E-state index < -0.39 is 0 Å². The van der Waals surface area contributed by atoms with E-state index in [1.54, 1.807) is 7.11 Å². The molecule has 0 bridgehead atoms. The van der Waals surface area contributed by atoms with Gasteiger partial charge in [-0.3, -0.25) is 0 Å². The quantitative estimate of drug-likeness (QED) is 0.838. The number of anilines is 1. The lowest BCUT2D eigenvalue weighted by molar-refractivity contribution is 0.411. The number of aromatic nitrogens is 3. The Kier molecular flexibility index (Phi) is 2.89. The molecule has 1 unspecified atom stereocenters. The smallest absolute Gasteiger partial charge is 0.164 e. The lowest BCUT2D eigenvalue weighted by atomic mass is 10.00. The SMILES string of the molecule is COc1ccc(-c2nnc3n2CCC(C)C3)cc1N. The summed E-state index contributed by atoms with van der Waals surface area (Å²) in [6.07, 6.45) is 2.17. The third kappa shape index (κ3) is 2.05. The predicted molar refractivity (Wildman–Crippen MR) is 73.9 cm³/mol. The minimum absolute atomic E-state index is 0.626. The van der Waals surface area contributed by atoms with Crippen LogP contribution in [0.5, 0.6) is 5.75 Å². The van der Waals surface area contributed by atoms with Crippen LogP contribution in [0.2, 0.25) is 0 Å². The highest BCUT2D eigenvalue weighted by molar-refractivity contribution is 5.66. The van der Waals surface area contributed by atoms with E-state index in [-0.39, 0.29) is 0 Å². The van der Waals surface area contributed by atoms with Gasteiger partial charge in [-0.25, -0.2) is 0 Å². The zero-order chi connectivity index (χ0) is 13.4. The molecule has 1 aliphatic rings. The van der Waals surface area contributed by atoms with Crippen LogP contribution < -0.4 is 10.5 Å². The highest BCUT2D eigenvalue weighted by atomic mass is 16.5. The number of fused-ring (bicyclic) bond motifs is 1. The molecule has 3 rings (SSSR count). The van der Waals surface area contributed by atoms with E-state index in [1.165, 1.54) is 6.42 Å². The van der Waals surface area contributed by atoms with E-state index in [9.17, 15) is 0 Å². The van der Waals surface area contributed by atoms with Crippen molar-refractivity contribution in [3.8, 4) is 17.1 Å². The van der Waals surface area contributed by atoms with Crippen molar-refractivity contribution >= 4 is 5.69 Å². The molecular weight excluding hydrogens is 240 g/mol. The second kappa shape index (κ2) is 4.57. The third-order valence-corrected chi connectivity index (χ3v) is 3.69. The number of benzene rings is 1. The van der Waals surface area contributed by atoms with Crippen molar-refractivity contribution in [3.63, 3.8) is 0 Å². The van der Waals surface area contributed by atoms with Crippen LogP contribution in [-0.4, -0.2) is 21.9 Å². The van der Waals surface area contributed by atoms with Gasteiger partial charge >= 0.3 is 0 Å². The van der Waals surface area contributed by atoms with Crippen molar-refractivity contribution in [1.29, 1.82) is 0 Å². The summed E-state index contributed by atoms with van der Waals surface area (Å²) in [5, 5.41) is 8.61. The molecule has 0 amide bonds. The van der Waals surface area contributed by atoms with Gasteiger partial charge in [0.25, 0.3) is 0 Å². The van der Waals surface area contributed by atoms with Gasteiger partial charge in [-0.2, -0.15) is 0 Å². The lowest BCUT2D eigenvalue weighted by Gasteiger charge is -2.20. The summed E-state index contributed by atoms with van der Waals surface area (Å²) < 4.78 is 7.37. The third-order valence-electron chi connectivity index (χ3n) is 3.69. The Bertz CT molecular complexity index is 605. The minimum atomic E-state index is 0.626. The summed E-state index contributed by atoms with van der Waals surface area (Å²) in [5.41, 5.74) is 7.57. The van der Waals surface area contributed by atoms with Gasteiger partial charge in [0.1, 0.15) is 11.6 Å². The van der Waals surface area contributed by atoms with Crippen LogP contribution in [0.3, 0.4) is 0 Å². The van der Waals surface area contributed by atoms with Gasteiger partial charge < -0.3 is 15.0 Å². The first-order valence-corrected chi connectivity index (χ1v) is 6.55.